The van der Waals surface area contributed by atoms with Gasteiger partial charge < -0.3 is 9.87 Å². The van der Waals surface area contributed by atoms with E-state index in [1.165, 1.54) is 23.8 Å². The quantitative estimate of drug-likeness (QED) is 0.297. The maximum absolute atomic E-state index is 11.6. The molecule has 0 spiro atoms. The summed E-state index contributed by atoms with van der Waals surface area (Å²) in [5, 5.41) is 3.64. The van der Waals surface area contributed by atoms with Crippen molar-refractivity contribution in [2.24, 2.45) is 0 Å². The third-order valence-electron chi connectivity index (χ3n) is 3.07. The van der Waals surface area contributed by atoms with Crippen molar-refractivity contribution in [3.63, 3.8) is 0 Å². The molecule has 0 heterocycles. The van der Waals surface area contributed by atoms with Crippen LogP contribution in [0.25, 0.3) is 11.1 Å². The van der Waals surface area contributed by atoms with Gasteiger partial charge in [0.2, 0.25) is 5.91 Å². The molecule has 0 bridgehead atoms. The number of benzene rings is 2. The Morgan fingerprint density at radius 1 is 1.15 bits per heavy atom. The van der Waals surface area contributed by atoms with E-state index in [-0.39, 0.29) is 40.4 Å². The van der Waals surface area contributed by atoms with E-state index in [0.717, 1.165) is 10.5 Å². The number of halogens is 2. The summed E-state index contributed by atoms with van der Waals surface area (Å²) in [4.78, 5) is 11.9. The molecule has 2 aromatic carbocycles. The van der Waals surface area contributed by atoms with Crippen molar-refractivity contribution in [3.05, 3.63) is 46.4 Å². The summed E-state index contributed by atoms with van der Waals surface area (Å²) in [6.07, 6.45) is 0. The molecule has 1 atom stereocenters. The van der Waals surface area contributed by atoms with Crippen molar-refractivity contribution in [3.8, 4) is 11.1 Å². The first-order chi connectivity index (χ1) is 11.9. The van der Waals surface area contributed by atoms with Crippen molar-refractivity contribution in [1.82, 2.24) is 5.32 Å². The molecule has 10 heteroatoms. The summed E-state index contributed by atoms with van der Waals surface area (Å²) in [6.45, 7) is 2.03. The van der Waals surface area contributed by atoms with Crippen molar-refractivity contribution in [2.45, 2.75) is 16.7 Å². The van der Waals surface area contributed by atoms with Crippen molar-refractivity contribution in [1.29, 1.82) is 0 Å². The average Bonchev–Trinajstić information content (AvgIpc) is 2.54. The van der Waals surface area contributed by atoms with Gasteiger partial charge in [-0.25, -0.2) is 0 Å². The fraction of sp³-hybridized carbons (Fsp3) is 0.188. The number of rotatable bonds is 7. The molecule has 2 aromatic rings. The largest absolute Gasteiger partial charge is 1.00 e. The third-order valence-corrected chi connectivity index (χ3v) is 6.63. The molecule has 0 aliphatic heterocycles. The summed E-state index contributed by atoms with van der Waals surface area (Å²) in [7, 11) is 3.03. The second kappa shape index (κ2) is 12.0. The number of hydrogen-bond donors (Lipinski definition) is 1. The van der Waals surface area contributed by atoms with Gasteiger partial charge in [-0.2, -0.15) is 0 Å². The molecule has 2 rings (SSSR count). The minimum absolute atomic E-state index is 0. The average molecular weight is 458 g/mol. The van der Waals surface area contributed by atoms with Crippen molar-refractivity contribution >= 4 is 61.8 Å². The van der Waals surface area contributed by atoms with Gasteiger partial charge in [0.05, 0.1) is 0 Å². The van der Waals surface area contributed by atoms with E-state index < -0.39 is 11.1 Å². The number of carbonyl (C=O) groups excluding carboxylic acids is 1. The van der Waals surface area contributed by atoms with Gasteiger partial charge in [0.15, 0.2) is 0 Å². The Morgan fingerprint density at radius 3 is 2.38 bits per heavy atom. The van der Waals surface area contributed by atoms with Crippen LogP contribution < -0.4 is 34.9 Å². The van der Waals surface area contributed by atoms with Crippen molar-refractivity contribution in [2.75, 3.05) is 12.3 Å². The number of hydrogen-bond acceptors (Lipinski definition) is 5. The van der Waals surface area contributed by atoms with Gasteiger partial charge in [-0.15, -0.1) is 0 Å². The second-order valence-electron chi connectivity index (χ2n) is 4.90. The van der Waals surface area contributed by atoms with Crippen molar-refractivity contribution < 1.29 is 43.1 Å². The van der Waals surface area contributed by atoms with Gasteiger partial charge >= 0.3 is 29.6 Å². The Hall–Kier alpha value is 0.300. The molecule has 4 nitrogen and oxygen atoms in total. The van der Waals surface area contributed by atoms with E-state index >= 15 is 0 Å². The van der Waals surface area contributed by atoms with Gasteiger partial charge in [-0.1, -0.05) is 56.9 Å². The van der Waals surface area contributed by atoms with Crippen LogP contribution in [-0.4, -0.2) is 27.0 Å². The first kappa shape index (κ1) is 24.3. The zero-order valence-corrected chi connectivity index (χ0v) is 20.0. The zero-order valence-electron chi connectivity index (χ0n) is 14.1. The Bertz CT molecular complexity index is 808. The molecule has 0 saturated carbocycles. The molecular weight excluding hydrogens is 444 g/mol. The van der Waals surface area contributed by atoms with Gasteiger partial charge in [-0.3, -0.25) is 9.00 Å². The van der Waals surface area contributed by atoms with Crippen LogP contribution in [0.5, 0.6) is 0 Å². The molecule has 0 radical (unpaired) electrons. The van der Waals surface area contributed by atoms with E-state index in [0.29, 0.717) is 27.9 Å². The van der Waals surface area contributed by atoms with Crippen LogP contribution in [0.15, 0.2) is 46.2 Å². The summed E-state index contributed by atoms with van der Waals surface area (Å²) >= 11 is 9.60. The molecule has 0 saturated heterocycles. The first-order valence-corrected chi connectivity index (χ1v) is 11.3. The summed E-state index contributed by atoms with van der Waals surface area (Å²) < 4.78 is 23.1. The molecular formula is C16H14Cl2NNaO3S3. The Kier molecular flexibility index (Phi) is 11.2. The normalized spacial score (nSPS) is 11.5. The maximum Gasteiger partial charge on any atom is 1.00 e. The van der Waals surface area contributed by atoms with Gasteiger partial charge in [0.25, 0.3) is 0 Å². The smallest absolute Gasteiger partial charge is 0.768 e. The Morgan fingerprint density at radius 2 is 1.77 bits per heavy atom. The minimum Gasteiger partial charge on any atom is -0.768 e. The number of amides is 1. The monoisotopic (exact) mass is 457 g/mol. The van der Waals surface area contributed by atoms with Gasteiger partial charge in [-0.05, 0) is 46.5 Å². The van der Waals surface area contributed by atoms with E-state index in [2.05, 4.69) is 5.32 Å². The fourth-order valence-corrected chi connectivity index (χ4v) is 5.21. The molecule has 0 aliphatic rings. The topological polar surface area (TPSA) is 69.2 Å². The Balaban J connectivity index is 0.00000338. The van der Waals surface area contributed by atoms with Gasteiger partial charge in [0, 0.05) is 39.1 Å². The third kappa shape index (κ3) is 7.37. The SMILES string of the molecule is CC(=O)NCCSSc1cc(Cl)ccc1-c1ccc(Cl)cc1S(=O)[O-].[Na+]. The number of nitrogens with one attached hydrogen (secondary N) is 1. The maximum atomic E-state index is 11.6. The molecule has 0 aromatic heterocycles. The molecule has 26 heavy (non-hydrogen) atoms. The predicted molar refractivity (Wildman–Crippen MR) is 106 cm³/mol. The number of carbonyl (C=O) groups is 1. The molecule has 0 aliphatic carbocycles. The van der Waals surface area contributed by atoms with Crippen LogP contribution in [0, 0.1) is 0 Å². The standard InChI is InChI=1S/C16H15Cl2NO3S3.Na/c1-10(20)19-6-7-23-24-15-8-11(17)2-4-13(15)14-5-3-12(18)9-16(14)25(21)22;/h2-5,8-9H,6-7H2,1H3,(H,19,20)(H,21,22);/q;+1/p-1. The molecule has 1 amide bonds. The Labute approximate surface area is 195 Å². The van der Waals surface area contributed by atoms with Crippen LogP contribution >= 0.6 is 44.8 Å². The van der Waals surface area contributed by atoms with E-state index in [1.54, 1.807) is 41.1 Å². The molecule has 0 fully saturated rings. The van der Waals surface area contributed by atoms with Crippen LogP contribution in [-0.2, 0) is 15.9 Å². The van der Waals surface area contributed by atoms with Gasteiger partial charge in [0.1, 0.15) is 0 Å². The second-order valence-corrected chi connectivity index (χ2v) is 9.14. The first-order valence-electron chi connectivity index (χ1n) is 7.11. The molecule has 134 valence electrons. The van der Waals surface area contributed by atoms with Crippen LogP contribution in [0.4, 0.5) is 0 Å². The summed E-state index contributed by atoms with van der Waals surface area (Å²) in [5.41, 5.74) is 1.33. The fourth-order valence-electron chi connectivity index (χ4n) is 2.02. The summed E-state index contributed by atoms with van der Waals surface area (Å²) in [6, 6.07) is 10.1. The molecule has 1 unspecified atom stereocenters. The van der Waals surface area contributed by atoms with E-state index in [9.17, 15) is 13.6 Å². The van der Waals surface area contributed by atoms with E-state index in [4.69, 9.17) is 23.2 Å². The minimum atomic E-state index is -2.41. The van der Waals surface area contributed by atoms with Crippen LogP contribution in [0.1, 0.15) is 6.92 Å². The van der Waals surface area contributed by atoms with Crippen LogP contribution in [0.3, 0.4) is 0 Å². The summed E-state index contributed by atoms with van der Waals surface area (Å²) in [5.74, 6) is 0.634. The zero-order chi connectivity index (χ0) is 18.4. The molecule has 1 N–H and O–H groups in total. The van der Waals surface area contributed by atoms with Crippen LogP contribution in [0.2, 0.25) is 10.0 Å². The van der Waals surface area contributed by atoms with E-state index in [1.807, 2.05) is 0 Å². The predicted octanol–water partition coefficient (Wildman–Crippen LogP) is 1.78.